The van der Waals surface area contributed by atoms with Crippen LogP contribution >= 0.6 is 0 Å². The Balaban J connectivity index is 2.89. The molecular weight excluding hydrogens is 174 g/mol. The second-order valence-corrected chi connectivity index (χ2v) is 4.19. The summed E-state index contributed by atoms with van der Waals surface area (Å²) in [5.41, 5.74) is 8.21. The zero-order valence-electron chi connectivity index (χ0n) is 9.36. The normalized spacial score (nSPS) is 15.6. The molecular formula is C11H19N3. The molecule has 2 N–H and O–H groups in total. The summed E-state index contributed by atoms with van der Waals surface area (Å²) in [6, 6.07) is 0.0381. The van der Waals surface area contributed by atoms with Crippen LogP contribution < -0.4 is 5.73 Å². The number of nitrogens with zero attached hydrogens (tertiary/aromatic N) is 2. The van der Waals surface area contributed by atoms with Gasteiger partial charge in [-0.05, 0) is 18.8 Å². The molecule has 0 aliphatic carbocycles. The van der Waals surface area contributed by atoms with Crippen molar-refractivity contribution in [2.75, 3.05) is 0 Å². The Morgan fingerprint density at radius 3 is 2.43 bits per heavy atom. The van der Waals surface area contributed by atoms with Gasteiger partial charge in [0.05, 0.1) is 0 Å². The van der Waals surface area contributed by atoms with E-state index < -0.39 is 0 Å². The molecule has 0 fully saturated rings. The summed E-state index contributed by atoms with van der Waals surface area (Å²) in [4.78, 5) is 8.17. The van der Waals surface area contributed by atoms with E-state index in [1.54, 1.807) is 6.33 Å². The van der Waals surface area contributed by atoms with Crippen molar-refractivity contribution in [3.05, 3.63) is 23.8 Å². The van der Waals surface area contributed by atoms with Crippen molar-refractivity contribution < 1.29 is 0 Å². The smallest absolute Gasteiger partial charge is 0.115 e. The Morgan fingerprint density at radius 2 is 1.93 bits per heavy atom. The van der Waals surface area contributed by atoms with E-state index in [4.69, 9.17) is 5.73 Å². The maximum absolute atomic E-state index is 6.16. The molecule has 0 spiro atoms. The molecule has 0 saturated carbocycles. The van der Waals surface area contributed by atoms with Crippen LogP contribution in [0, 0.1) is 18.8 Å². The Kier molecular flexibility index (Phi) is 3.58. The molecule has 0 aliphatic heterocycles. The van der Waals surface area contributed by atoms with E-state index in [1.807, 2.05) is 13.1 Å². The van der Waals surface area contributed by atoms with Crippen LogP contribution in [0.5, 0.6) is 0 Å². The van der Waals surface area contributed by atoms with Crippen LogP contribution in [-0.2, 0) is 0 Å². The Bertz CT molecular complexity index is 296. The molecule has 1 heterocycles. The minimum Gasteiger partial charge on any atom is -0.324 e. The van der Waals surface area contributed by atoms with Crippen LogP contribution in [0.15, 0.2) is 12.5 Å². The minimum atomic E-state index is 0.0381. The minimum absolute atomic E-state index is 0.0381. The highest BCUT2D eigenvalue weighted by molar-refractivity contribution is 5.19. The highest BCUT2D eigenvalue weighted by Crippen LogP contribution is 2.25. The largest absolute Gasteiger partial charge is 0.324 e. The van der Waals surface area contributed by atoms with E-state index in [9.17, 15) is 0 Å². The van der Waals surface area contributed by atoms with Crippen molar-refractivity contribution in [3.8, 4) is 0 Å². The first-order chi connectivity index (χ1) is 6.54. The molecule has 2 atom stereocenters. The van der Waals surface area contributed by atoms with E-state index in [2.05, 4.69) is 30.7 Å². The lowest BCUT2D eigenvalue weighted by Gasteiger charge is -2.24. The van der Waals surface area contributed by atoms with Crippen molar-refractivity contribution in [1.82, 2.24) is 9.97 Å². The lowest BCUT2D eigenvalue weighted by molar-refractivity contribution is 0.350. The molecule has 0 aromatic carbocycles. The first-order valence-electron chi connectivity index (χ1n) is 5.06. The maximum Gasteiger partial charge on any atom is 0.115 e. The summed E-state index contributed by atoms with van der Waals surface area (Å²) in [5, 5.41) is 0. The van der Waals surface area contributed by atoms with Gasteiger partial charge in [-0.3, -0.25) is 0 Å². The van der Waals surface area contributed by atoms with Crippen LogP contribution in [-0.4, -0.2) is 9.97 Å². The van der Waals surface area contributed by atoms with Gasteiger partial charge in [-0.15, -0.1) is 0 Å². The Labute approximate surface area is 85.8 Å². The zero-order valence-corrected chi connectivity index (χ0v) is 9.36. The summed E-state index contributed by atoms with van der Waals surface area (Å²) >= 11 is 0. The van der Waals surface area contributed by atoms with Gasteiger partial charge < -0.3 is 5.73 Å². The van der Waals surface area contributed by atoms with Crippen LogP contribution in [0.2, 0.25) is 0 Å². The maximum atomic E-state index is 6.16. The molecule has 0 saturated heterocycles. The summed E-state index contributed by atoms with van der Waals surface area (Å²) in [6.07, 6.45) is 3.39. The quantitative estimate of drug-likeness (QED) is 0.799. The summed E-state index contributed by atoms with van der Waals surface area (Å²) in [7, 11) is 0. The fourth-order valence-corrected chi connectivity index (χ4v) is 1.43. The number of aromatic nitrogens is 2. The van der Waals surface area contributed by atoms with Crippen LogP contribution in [0.3, 0.4) is 0 Å². The third-order valence-corrected chi connectivity index (χ3v) is 2.93. The second-order valence-electron chi connectivity index (χ2n) is 4.19. The summed E-state index contributed by atoms with van der Waals surface area (Å²) in [6.45, 7) is 8.51. The molecule has 1 aromatic heterocycles. The van der Waals surface area contributed by atoms with E-state index >= 15 is 0 Å². The predicted molar refractivity (Wildman–Crippen MR) is 57.7 cm³/mol. The zero-order chi connectivity index (χ0) is 10.7. The average Bonchev–Trinajstić information content (AvgIpc) is 2.16. The van der Waals surface area contributed by atoms with Gasteiger partial charge in [-0.25, -0.2) is 9.97 Å². The second kappa shape index (κ2) is 4.51. The first-order valence-corrected chi connectivity index (χ1v) is 5.06. The molecule has 1 rings (SSSR count). The fourth-order valence-electron chi connectivity index (χ4n) is 1.43. The van der Waals surface area contributed by atoms with Crippen molar-refractivity contribution in [1.29, 1.82) is 0 Å². The number of nitrogens with two attached hydrogens (primary N) is 1. The van der Waals surface area contributed by atoms with Gasteiger partial charge in [0.1, 0.15) is 6.33 Å². The van der Waals surface area contributed by atoms with Gasteiger partial charge in [0.15, 0.2) is 0 Å². The van der Waals surface area contributed by atoms with E-state index in [1.165, 1.54) is 0 Å². The molecule has 0 amide bonds. The molecule has 2 unspecified atom stereocenters. The highest BCUT2D eigenvalue weighted by Gasteiger charge is 2.19. The molecule has 0 bridgehead atoms. The topological polar surface area (TPSA) is 51.8 Å². The fraction of sp³-hybridized carbons (Fsp3) is 0.636. The van der Waals surface area contributed by atoms with Gasteiger partial charge in [-0.2, -0.15) is 0 Å². The third-order valence-electron chi connectivity index (χ3n) is 2.93. The van der Waals surface area contributed by atoms with E-state index in [-0.39, 0.29) is 6.04 Å². The third kappa shape index (κ3) is 2.29. The van der Waals surface area contributed by atoms with Crippen LogP contribution in [0.4, 0.5) is 0 Å². The SMILES string of the molecule is Cc1ncncc1C(N)C(C)C(C)C. The average molecular weight is 193 g/mol. The van der Waals surface area contributed by atoms with Gasteiger partial charge in [0, 0.05) is 23.5 Å². The molecule has 1 aromatic rings. The Morgan fingerprint density at radius 1 is 1.29 bits per heavy atom. The van der Waals surface area contributed by atoms with Gasteiger partial charge >= 0.3 is 0 Å². The number of rotatable bonds is 3. The van der Waals surface area contributed by atoms with Crippen molar-refractivity contribution in [2.45, 2.75) is 33.7 Å². The molecule has 78 valence electrons. The van der Waals surface area contributed by atoms with Crippen molar-refractivity contribution >= 4 is 0 Å². The highest BCUT2D eigenvalue weighted by atomic mass is 14.8. The van der Waals surface area contributed by atoms with E-state index in [0.717, 1.165) is 11.3 Å². The number of hydrogen-bond donors (Lipinski definition) is 1. The first kappa shape index (κ1) is 11.1. The lowest BCUT2D eigenvalue weighted by Crippen LogP contribution is -2.24. The summed E-state index contributed by atoms with van der Waals surface area (Å²) in [5.74, 6) is 1.02. The molecule has 3 heteroatoms. The van der Waals surface area contributed by atoms with Crippen molar-refractivity contribution in [2.24, 2.45) is 17.6 Å². The monoisotopic (exact) mass is 193 g/mol. The standard InChI is InChI=1S/C11H19N3/c1-7(2)8(3)11(12)10-5-13-6-14-9(10)4/h5-8,11H,12H2,1-4H3. The molecule has 0 radical (unpaired) electrons. The molecule has 3 nitrogen and oxygen atoms in total. The van der Waals surface area contributed by atoms with Crippen LogP contribution in [0.25, 0.3) is 0 Å². The number of aryl methyl sites for hydroxylation is 1. The van der Waals surface area contributed by atoms with Gasteiger partial charge in [-0.1, -0.05) is 20.8 Å². The molecule has 0 aliphatic rings. The molecule has 14 heavy (non-hydrogen) atoms. The van der Waals surface area contributed by atoms with Gasteiger partial charge in [0.2, 0.25) is 0 Å². The predicted octanol–water partition coefficient (Wildman–Crippen LogP) is 2.08. The van der Waals surface area contributed by atoms with Gasteiger partial charge in [0.25, 0.3) is 0 Å². The van der Waals surface area contributed by atoms with Crippen LogP contribution in [0.1, 0.15) is 38.1 Å². The Hall–Kier alpha value is -0.960. The summed E-state index contributed by atoms with van der Waals surface area (Å²) < 4.78 is 0. The van der Waals surface area contributed by atoms with Crippen molar-refractivity contribution in [3.63, 3.8) is 0 Å². The lowest BCUT2D eigenvalue weighted by atomic mass is 9.87. The number of hydrogen-bond acceptors (Lipinski definition) is 3. The van der Waals surface area contributed by atoms with E-state index in [0.29, 0.717) is 11.8 Å².